The highest BCUT2D eigenvalue weighted by molar-refractivity contribution is 6.74. The topological polar surface area (TPSA) is 38.3 Å². The molecule has 0 aromatic heterocycles. The van der Waals surface area contributed by atoms with Crippen molar-refractivity contribution in [1.82, 2.24) is 5.32 Å². The van der Waals surface area contributed by atoms with Gasteiger partial charge in [0.05, 0.1) is 0 Å². The van der Waals surface area contributed by atoms with Crippen molar-refractivity contribution in [2.45, 2.75) is 45.8 Å². The van der Waals surface area contributed by atoms with E-state index in [1.807, 2.05) is 6.92 Å². The predicted molar refractivity (Wildman–Crippen MR) is 68.8 cm³/mol. The number of carbonyl (C=O) groups is 1. The molecule has 1 heterocycles. The Morgan fingerprint density at radius 2 is 2.00 bits per heavy atom. The van der Waals surface area contributed by atoms with Crippen LogP contribution in [0.5, 0.6) is 0 Å². The number of rotatable bonds is 3. The molecule has 1 rings (SSSR count). The summed E-state index contributed by atoms with van der Waals surface area (Å²) in [5.41, 5.74) is 0. The summed E-state index contributed by atoms with van der Waals surface area (Å²) in [6.07, 6.45) is 0. The highest BCUT2D eigenvalue weighted by Crippen LogP contribution is 2.37. The van der Waals surface area contributed by atoms with Crippen molar-refractivity contribution in [2.24, 2.45) is 11.8 Å². The monoisotopic (exact) mass is 243 g/mol. The number of nitrogens with one attached hydrogen (secondary N) is 1. The van der Waals surface area contributed by atoms with E-state index in [-0.39, 0.29) is 16.9 Å². The molecule has 1 saturated heterocycles. The van der Waals surface area contributed by atoms with Gasteiger partial charge in [-0.1, -0.05) is 27.7 Å². The van der Waals surface area contributed by atoms with Crippen molar-refractivity contribution in [3.05, 3.63) is 0 Å². The van der Waals surface area contributed by atoms with Crippen molar-refractivity contribution in [2.75, 3.05) is 13.2 Å². The summed E-state index contributed by atoms with van der Waals surface area (Å²) in [7, 11) is -1.66. The summed E-state index contributed by atoms with van der Waals surface area (Å²) >= 11 is 0. The molecule has 1 aliphatic heterocycles. The Bertz CT molecular complexity index is 271. The van der Waals surface area contributed by atoms with E-state index in [0.717, 1.165) is 13.2 Å². The van der Waals surface area contributed by atoms with Crippen LogP contribution in [0.25, 0.3) is 0 Å². The number of hydrogen-bond donors (Lipinski definition) is 1. The predicted octanol–water partition coefficient (Wildman–Crippen LogP) is 2.39. The van der Waals surface area contributed by atoms with Crippen LogP contribution in [0.1, 0.15) is 27.7 Å². The Hall–Kier alpha value is -0.353. The van der Waals surface area contributed by atoms with E-state index in [2.05, 4.69) is 39.2 Å². The van der Waals surface area contributed by atoms with Gasteiger partial charge >= 0.3 is 0 Å². The Labute approximate surface area is 100 Å². The van der Waals surface area contributed by atoms with Crippen LogP contribution in [-0.4, -0.2) is 27.4 Å². The van der Waals surface area contributed by atoms with E-state index in [0.29, 0.717) is 5.92 Å². The van der Waals surface area contributed by atoms with E-state index < -0.39 is 8.32 Å². The quantitative estimate of drug-likeness (QED) is 0.773. The molecule has 2 unspecified atom stereocenters. The second-order valence-electron chi connectivity index (χ2n) is 6.37. The standard InChI is InChI=1S/C12H25NO2Si/c1-9-10(7-13-11(9)14)8-15-16(5,6)12(2,3)4/h9-10H,7-8H2,1-6H3,(H,13,14). The van der Waals surface area contributed by atoms with Gasteiger partial charge in [-0.3, -0.25) is 4.79 Å². The van der Waals surface area contributed by atoms with Gasteiger partial charge in [-0.15, -0.1) is 0 Å². The van der Waals surface area contributed by atoms with Crippen LogP contribution in [0.4, 0.5) is 0 Å². The fourth-order valence-electron chi connectivity index (χ4n) is 1.52. The van der Waals surface area contributed by atoms with Crippen LogP contribution >= 0.6 is 0 Å². The largest absolute Gasteiger partial charge is 0.416 e. The Kier molecular flexibility index (Phi) is 3.85. The Balaban J connectivity index is 2.49. The average Bonchev–Trinajstić information content (AvgIpc) is 2.43. The molecule has 0 radical (unpaired) electrons. The molecule has 94 valence electrons. The van der Waals surface area contributed by atoms with Crippen molar-refractivity contribution in [3.63, 3.8) is 0 Å². The Morgan fingerprint density at radius 1 is 1.44 bits per heavy atom. The first-order chi connectivity index (χ1) is 7.15. The molecule has 0 aromatic carbocycles. The molecule has 1 fully saturated rings. The van der Waals surface area contributed by atoms with Crippen molar-refractivity contribution >= 4 is 14.2 Å². The smallest absolute Gasteiger partial charge is 0.223 e. The molecule has 1 aliphatic rings. The zero-order valence-electron chi connectivity index (χ0n) is 11.4. The molecule has 0 spiro atoms. The number of carbonyl (C=O) groups excluding carboxylic acids is 1. The maximum Gasteiger partial charge on any atom is 0.223 e. The maximum atomic E-state index is 11.4. The lowest BCUT2D eigenvalue weighted by Gasteiger charge is -2.37. The third-order valence-electron chi connectivity index (χ3n) is 4.12. The normalized spacial score (nSPS) is 27.0. The second-order valence-corrected chi connectivity index (χ2v) is 11.2. The molecule has 0 aromatic rings. The lowest BCUT2D eigenvalue weighted by molar-refractivity contribution is -0.122. The molecule has 0 bridgehead atoms. The molecule has 0 saturated carbocycles. The first-order valence-corrected chi connectivity index (χ1v) is 8.97. The summed E-state index contributed by atoms with van der Waals surface area (Å²) in [5.74, 6) is 0.621. The number of amides is 1. The van der Waals surface area contributed by atoms with Crippen LogP contribution in [0.2, 0.25) is 18.1 Å². The molecule has 4 heteroatoms. The van der Waals surface area contributed by atoms with Crippen LogP contribution in [0.3, 0.4) is 0 Å². The van der Waals surface area contributed by atoms with Gasteiger partial charge in [0.1, 0.15) is 0 Å². The summed E-state index contributed by atoms with van der Waals surface area (Å²) in [6.45, 7) is 14.7. The van der Waals surface area contributed by atoms with Gasteiger partial charge in [-0.25, -0.2) is 0 Å². The zero-order chi connectivity index (χ0) is 12.6. The molecular formula is C12H25NO2Si. The number of hydrogen-bond acceptors (Lipinski definition) is 2. The maximum absolute atomic E-state index is 11.4. The highest BCUT2D eigenvalue weighted by atomic mass is 28.4. The second kappa shape index (κ2) is 4.49. The zero-order valence-corrected chi connectivity index (χ0v) is 12.4. The van der Waals surface area contributed by atoms with Gasteiger partial charge in [-0.05, 0) is 18.1 Å². The van der Waals surface area contributed by atoms with Crippen molar-refractivity contribution in [1.29, 1.82) is 0 Å². The molecule has 2 atom stereocenters. The minimum absolute atomic E-state index is 0.102. The third-order valence-corrected chi connectivity index (χ3v) is 8.62. The SMILES string of the molecule is CC1C(=O)NCC1CO[Si](C)(C)C(C)(C)C. The molecule has 1 amide bonds. The Morgan fingerprint density at radius 3 is 2.38 bits per heavy atom. The van der Waals surface area contributed by atoms with Crippen LogP contribution in [-0.2, 0) is 9.22 Å². The van der Waals surface area contributed by atoms with E-state index in [1.165, 1.54) is 0 Å². The van der Waals surface area contributed by atoms with Gasteiger partial charge in [0, 0.05) is 25.0 Å². The molecule has 1 N–H and O–H groups in total. The van der Waals surface area contributed by atoms with E-state index in [9.17, 15) is 4.79 Å². The minimum atomic E-state index is -1.66. The van der Waals surface area contributed by atoms with Crippen LogP contribution in [0, 0.1) is 11.8 Å². The van der Waals surface area contributed by atoms with Crippen molar-refractivity contribution in [3.8, 4) is 0 Å². The minimum Gasteiger partial charge on any atom is -0.416 e. The van der Waals surface area contributed by atoms with Crippen molar-refractivity contribution < 1.29 is 9.22 Å². The highest BCUT2D eigenvalue weighted by Gasteiger charge is 2.39. The molecule has 16 heavy (non-hydrogen) atoms. The van der Waals surface area contributed by atoms with E-state index in [1.54, 1.807) is 0 Å². The van der Waals surface area contributed by atoms with Crippen LogP contribution < -0.4 is 5.32 Å². The molecule has 3 nitrogen and oxygen atoms in total. The lowest BCUT2D eigenvalue weighted by Crippen LogP contribution is -2.42. The van der Waals surface area contributed by atoms with Gasteiger partial charge in [0.15, 0.2) is 8.32 Å². The van der Waals surface area contributed by atoms with Gasteiger partial charge in [0.2, 0.25) is 5.91 Å². The molecular weight excluding hydrogens is 218 g/mol. The van der Waals surface area contributed by atoms with E-state index in [4.69, 9.17) is 4.43 Å². The lowest BCUT2D eigenvalue weighted by atomic mass is 9.99. The fraction of sp³-hybridized carbons (Fsp3) is 0.917. The third kappa shape index (κ3) is 2.86. The van der Waals surface area contributed by atoms with Gasteiger partial charge < -0.3 is 9.74 Å². The summed E-state index contributed by atoms with van der Waals surface area (Å²) < 4.78 is 6.14. The van der Waals surface area contributed by atoms with Crippen LogP contribution in [0.15, 0.2) is 0 Å². The van der Waals surface area contributed by atoms with Gasteiger partial charge in [0.25, 0.3) is 0 Å². The molecule has 0 aliphatic carbocycles. The average molecular weight is 243 g/mol. The van der Waals surface area contributed by atoms with E-state index >= 15 is 0 Å². The fourth-order valence-corrected chi connectivity index (χ4v) is 2.58. The summed E-state index contributed by atoms with van der Waals surface area (Å²) in [6, 6.07) is 0. The summed E-state index contributed by atoms with van der Waals surface area (Å²) in [5, 5.41) is 3.13. The first kappa shape index (κ1) is 13.7. The van der Waals surface area contributed by atoms with Gasteiger partial charge in [-0.2, -0.15) is 0 Å². The first-order valence-electron chi connectivity index (χ1n) is 6.07. The summed E-state index contributed by atoms with van der Waals surface area (Å²) in [4.78, 5) is 11.4.